The Bertz CT molecular complexity index is 858. The molecule has 2 N–H and O–H groups in total. The molecule has 0 spiro atoms. The van der Waals surface area contributed by atoms with Gasteiger partial charge < -0.3 is 29.7 Å². The molecule has 0 radical (unpaired) electrons. The van der Waals surface area contributed by atoms with Crippen molar-refractivity contribution in [3.05, 3.63) is 48.0 Å². The van der Waals surface area contributed by atoms with Crippen molar-refractivity contribution >= 4 is 11.7 Å². The summed E-state index contributed by atoms with van der Waals surface area (Å²) >= 11 is 0. The number of ether oxygens (including phenoxy) is 3. The molecule has 0 bridgehead atoms. The number of rotatable bonds is 8. The van der Waals surface area contributed by atoms with Crippen LogP contribution in [0, 0.1) is 5.92 Å². The highest BCUT2D eigenvalue weighted by Crippen LogP contribution is 2.30. The summed E-state index contributed by atoms with van der Waals surface area (Å²) in [5.41, 5.74) is 2.11. The van der Waals surface area contributed by atoms with Crippen LogP contribution < -0.4 is 29.7 Å². The number of benzene rings is 2. The fourth-order valence-corrected chi connectivity index (χ4v) is 3.73. The standard InChI is InChI=1S/C23H31N3O4/c1-16(18-8-9-21(29-3)22(12-18)30-4)25-23(27)24-14-17-10-11-26(15-17)19-6-5-7-20(13-19)28-2/h5-9,12-13,16-17H,10-11,14-15H2,1-4H3,(H2,24,25,27). The minimum absolute atomic E-state index is 0.151. The third kappa shape index (κ3) is 5.28. The molecule has 2 atom stereocenters. The van der Waals surface area contributed by atoms with Gasteiger partial charge in [0.15, 0.2) is 11.5 Å². The summed E-state index contributed by atoms with van der Waals surface area (Å²) < 4.78 is 15.9. The van der Waals surface area contributed by atoms with Crippen LogP contribution in [0.25, 0.3) is 0 Å². The van der Waals surface area contributed by atoms with Gasteiger partial charge in [-0.05, 0) is 49.1 Å². The maximum atomic E-state index is 12.4. The van der Waals surface area contributed by atoms with Gasteiger partial charge in [-0.1, -0.05) is 12.1 Å². The fraction of sp³-hybridized carbons (Fsp3) is 0.435. The Kier molecular flexibility index (Phi) is 7.27. The van der Waals surface area contributed by atoms with E-state index in [9.17, 15) is 4.79 Å². The van der Waals surface area contributed by atoms with Crippen LogP contribution in [0.4, 0.5) is 10.5 Å². The van der Waals surface area contributed by atoms with Crippen LogP contribution in [0.5, 0.6) is 17.2 Å². The summed E-state index contributed by atoms with van der Waals surface area (Å²) in [5, 5.41) is 6.00. The zero-order valence-corrected chi connectivity index (χ0v) is 18.1. The molecule has 0 saturated carbocycles. The minimum Gasteiger partial charge on any atom is -0.497 e. The Labute approximate surface area is 178 Å². The normalized spacial score (nSPS) is 16.7. The third-order valence-electron chi connectivity index (χ3n) is 5.51. The Morgan fingerprint density at radius 3 is 2.63 bits per heavy atom. The van der Waals surface area contributed by atoms with Crippen molar-refractivity contribution in [2.45, 2.75) is 19.4 Å². The van der Waals surface area contributed by atoms with Gasteiger partial charge in [-0.2, -0.15) is 0 Å². The highest BCUT2D eigenvalue weighted by molar-refractivity contribution is 5.74. The Morgan fingerprint density at radius 2 is 1.90 bits per heavy atom. The number of carbonyl (C=O) groups is 1. The quantitative estimate of drug-likeness (QED) is 0.692. The molecule has 0 aliphatic carbocycles. The zero-order valence-electron chi connectivity index (χ0n) is 18.1. The molecule has 3 rings (SSSR count). The van der Waals surface area contributed by atoms with Crippen LogP contribution >= 0.6 is 0 Å². The van der Waals surface area contributed by atoms with Crippen LogP contribution in [0.3, 0.4) is 0 Å². The molecule has 7 heteroatoms. The van der Waals surface area contributed by atoms with Crippen LogP contribution in [0.2, 0.25) is 0 Å². The average molecular weight is 414 g/mol. The maximum Gasteiger partial charge on any atom is 0.315 e. The molecule has 30 heavy (non-hydrogen) atoms. The van der Waals surface area contributed by atoms with E-state index in [1.165, 1.54) is 0 Å². The molecule has 1 fully saturated rings. The lowest BCUT2D eigenvalue weighted by Gasteiger charge is -2.20. The van der Waals surface area contributed by atoms with Gasteiger partial charge in [0.25, 0.3) is 0 Å². The molecule has 2 aromatic rings. The number of hydrogen-bond acceptors (Lipinski definition) is 5. The molecule has 7 nitrogen and oxygen atoms in total. The number of anilines is 1. The molecule has 2 aromatic carbocycles. The SMILES string of the molecule is COc1cccc(N2CCC(CNC(=O)NC(C)c3ccc(OC)c(OC)c3)C2)c1. The topological polar surface area (TPSA) is 72.1 Å². The van der Waals surface area contributed by atoms with Gasteiger partial charge in [-0.25, -0.2) is 4.79 Å². The molecule has 2 unspecified atom stereocenters. The van der Waals surface area contributed by atoms with Gasteiger partial charge >= 0.3 is 6.03 Å². The molecular weight excluding hydrogens is 382 g/mol. The Balaban J connectivity index is 1.48. The Hall–Kier alpha value is -3.09. The van der Waals surface area contributed by atoms with Gasteiger partial charge in [-0.3, -0.25) is 0 Å². The number of methoxy groups -OCH3 is 3. The second kappa shape index (κ2) is 10.1. The molecule has 1 heterocycles. The number of nitrogens with zero attached hydrogens (tertiary/aromatic N) is 1. The fourth-order valence-electron chi connectivity index (χ4n) is 3.73. The summed E-state index contributed by atoms with van der Waals surface area (Å²) in [7, 11) is 4.88. The number of carbonyl (C=O) groups excluding carboxylic acids is 1. The molecule has 1 aliphatic rings. The largest absolute Gasteiger partial charge is 0.497 e. The summed E-state index contributed by atoms with van der Waals surface area (Å²) in [6.07, 6.45) is 1.04. The number of hydrogen-bond donors (Lipinski definition) is 2. The predicted octanol–water partition coefficient (Wildman–Crippen LogP) is 3.60. The van der Waals surface area contributed by atoms with Crippen molar-refractivity contribution in [1.82, 2.24) is 10.6 Å². The summed E-state index contributed by atoms with van der Waals surface area (Å²) in [4.78, 5) is 14.7. The lowest BCUT2D eigenvalue weighted by atomic mass is 10.1. The molecule has 1 aliphatic heterocycles. The number of urea groups is 1. The van der Waals surface area contributed by atoms with Crippen molar-refractivity contribution in [2.75, 3.05) is 45.9 Å². The minimum atomic E-state index is -0.169. The first kappa shape index (κ1) is 21.6. The van der Waals surface area contributed by atoms with Crippen LogP contribution in [0.15, 0.2) is 42.5 Å². The van der Waals surface area contributed by atoms with E-state index < -0.39 is 0 Å². The highest BCUT2D eigenvalue weighted by Gasteiger charge is 2.23. The molecular formula is C23H31N3O4. The van der Waals surface area contributed by atoms with Gasteiger partial charge in [0.05, 0.1) is 27.4 Å². The van der Waals surface area contributed by atoms with Crippen molar-refractivity contribution < 1.29 is 19.0 Å². The molecule has 2 amide bonds. The molecule has 1 saturated heterocycles. The van der Waals surface area contributed by atoms with Crippen molar-refractivity contribution in [3.8, 4) is 17.2 Å². The van der Waals surface area contributed by atoms with E-state index >= 15 is 0 Å². The number of amides is 2. The summed E-state index contributed by atoms with van der Waals surface area (Å²) in [6, 6.07) is 13.4. The summed E-state index contributed by atoms with van der Waals surface area (Å²) in [6.45, 7) is 4.48. The smallest absolute Gasteiger partial charge is 0.315 e. The van der Waals surface area contributed by atoms with E-state index in [1.54, 1.807) is 21.3 Å². The van der Waals surface area contributed by atoms with E-state index in [2.05, 4.69) is 21.6 Å². The van der Waals surface area contributed by atoms with E-state index in [-0.39, 0.29) is 12.1 Å². The van der Waals surface area contributed by atoms with Gasteiger partial charge in [-0.15, -0.1) is 0 Å². The van der Waals surface area contributed by atoms with Gasteiger partial charge in [0.1, 0.15) is 5.75 Å². The van der Waals surface area contributed by atoms with Gasteiger partial charge in [0, 0.05) is 31.4 Å². The average Bonchev–Trinajstić information content (AvgIpc) is 3.26. The lowest BCUT2D eigenvalue weighted by Crippen LogP contribution is -2.40. The van der Waals surface area contributed by atoms with Gasteiger partial charge in [0.2, 0.25) is 0 Å². The first-order valence-electron chi connectivity index (χ1n) is 10.2. The first-order chi connectivity index (χ1) is 14.5. The Morgan fingerprint density at radius 1 is 1.10 bits per heavy atom. The number of nitrogens with one attached hydrogen (secondary N) is 2. The first-order valence-corrected chi connectivity index (χ1v) is 10.2. The van der Waals surface area contributed by atoms with E-state index in [4.69, 9.17) is 14.2 Å². The predicted molar refractivity (Wildman–Crippen MR) is 118 cm³/mol. The third-order valence-corrected chi connectivity index (χ3v) is 5.51. The molecule has 0 aromatic heterocycles. The second-order valence-corrected chi connectivity index (χ2v) is 7.49. The van der Waals surface area contributed by atoms with Crippen LogP contribution in [-0.4, -0.2) is 47.0 Å². The maximum absolute atomic E-state index is 12.4. The molecule has 162 valence electrons. The van der Waals surface area contributed by atoms with E-state index in [1.807, 2.05) is 43.3 Å². The van der Waals surface area contributed by atoms with Crippen molar-refractivity contribution in [3.63, 3.8) is 0 Å². The monoisotopic (exact) mass is 413 g/mol. The van der Waals surface area contributed by atoms with Crippen LogP contribution in [-0.2, 0) is 0 Å². The summed E-state index contributed by atoms with van der Waals surface area (Å²) in [5.74, 6) is 2.59. The van der Waals surface area contributed by atoms with Crippen LogP contribution in [0.1, 0.15) is 24.9 Å². The van der Waals surface area contributed by atoms with Crippen molar-refractivity contribution in [2.24, 2.45) is 5.92 Å². The van der Waals surface area contributed by atoms with Crippen molar-refractivity contribution in [1.29, 1.82) is 0 Å². The van der Waals surface area contributed by atoms with E-state index in [0.717, 1.165) is 36.5 Å². The lowest BCUT2D eigenvalue weighted by molar-refractivity contribution is 0.236. The second-order valence-electron chi connectivity index (χ2n) is 7.49. The highest BCUT2D eigenvalue weighted by atomic mass is 16.5. The zero-order chi connectivity index (χ0) is 21.5. The van der Waals surface area contributed by atoms with E-state index in [0.29, 0.717) is 24.0 Å².